The van der Waals surface area contributed by atoms with Crippen LogP contribution in [0.3, 0.4) is 0 Å². The molecule has 0 aromatic rings. The molecule has 1 aliphatic heterocycles. The van der Waals surface area contributed by atoms with Gasteiger partial charge < -0.3 is 5.73 Å². The van der Waals surface area contributed by atoms with Gasteiger partial charge in [-0.05, 0) is 24.3 Å². The average Bonchev–Trinajstić information content (AvgIpc) is 2.34. The maximum absolute atomic E-state index is 5.33. The Kier molecular flexibility index (Phi) is 3.22. The fraction of sp³-hybridized carbons (Fsp3) is 1.00. The lowest BCUT2D eigenvalue weighted by molar-refractivity contribution is 0.949. The summed E-state index contributed by atoms with van der Waals surface area (Å²) in [6.07, 6.45) is 2.84. The molecule has 0 saturated carbocycles. The van der Waals surface area contributed by atoms with Crippen LogP contribution in [0.5, 0.6) is 0 Å². The van der Waals surface area contributed by atoms with Crippen molar-refractivity contribution >= 4 is 10.7 Å². The minimum absolute atomic E-state index is 0.230. The number of nitrogens with zero attached hydrogens (tertiary/aromatic N) is 1. The monoisotopic (exact) mass is 148 g/mol. The highest BCUT2D eigenvalue weighted by atomic mass is 32.2. The van der Waals surface area contributed by atoms with E-state index in [9.17, 15) is 0 Å². The molecule has 0 aliphatic carbocycles. The quantitative estimate of drug-likeness (QED) is 0.588. The summed E-state index contributed by atoms with van der Waals surface area (Å²) in [7, 11) is -0.230. The Morgan fingerprint density at radius 1 is 1.33 bits per heavy atom. The highest BCUT2D eigenvalue weighted by Crippen LogP contribution is 2.07. The molecule has 0 bridgehead atoms. The van der Waals surface area contributed by atoms with Crippen molar-refractivity contribution in [3.63, 3.8) is 0 Å². The molecule has 9 heavy (non-hydrogen) atoms. The fourth-order valence-electron chi connectivity index (χ4n) is 1.16. The van der Waals surface area contributed by atoms with Crippen LogP contribution in [0.4, 0.5) is 0 Å². The first-order valence-electron chi connectivity index (χ1n) is 3.66. The van der Waals surface area contributed by atoms with Gasteiger partial charge >= 0.3 is 0 Å². The molecule has 0 radical (unpaired) electrons. The topological polar surface area (TPSA) is 38.4 Å². The van der Waals surface area contributed by atoms with Gasteiger partial charge in [-0.25, -0.2) is 10.7 Å². The van der Waals surface area contributed by atoms with E-state index in [1.807, 2.05) is 0 Å². The maximum atomic E-state index is 5.33. The van der Waals surface area contributed by atoms with Gasteiger partial charge in [-0.15, -0.1) is 0 Å². The van der Waals surface area contributed by atoms with E-state index in [0.29, 0.717) is 0 Å². The molecular weight excluding hydrogens is 132 g/mol. The standard InChI is InChI=1S/C6H16N2S/c7-3-4-8-9-5-1-2-6-9/h1-7,9H2. The van der Waals surface area contributed by atoms with E-state index in [2.05, 4.69) is 4.36 Å². The summed E-state index contributed by atoms with van der Waals surface area (Å²) in [5.74, 6) is 2.81. The summed E-state index contributed by atoms with van der Waals surface area (Å²) in [6, 6.07) is 0. The Labute approximate surface area is 58.9 Å². The summed E-state index contributed by atoms with van der Waals surface area (Å²) in [5.41, 5.74) is 5.33. The molecule has 0 unspecified atom stereocenters. The lowest BCUT2D eigenvalue weighted by Gasteiger charge is -1.98. The molecule has 0 aromatic heterocycles. The highest BCUT2D eigenvalue weighted by Gasteiger charge is 2.01. The smallest absolute Gasteiger partial charge is 0.0558 e. The third-order valence-corrected chi connectivity index (χ3v) is 4.18. The number of hydrogen-bond acceptors (Lipinski definition) is 2. The third kappa shape index (κ3) is 2.45. The number of hydrogen-bond donors (Lipinski definition) is 1. The molecule has 56 valence electrons. The van der Waals surface area contributed by atoms with Crippen molar-refractivity contribution in [2.45, 2.75) is 12.8 Å². The SMILES string of the molecule is NCCN=[SH2]1CCCC1. The minimum atomic E-state index is -0.230. The van der Waals surface area contributed by atoms with E-state index in [1.54, 1.807) is 0 Å². The second-order valence-electron chi connectivity index (χ2n) is 2.44. The highest BCUT2D eigenvalue weighted by molar-refractivity contribution is 7.87. The van der Waals surface area contributed by atoms with Crippen molar-refractivity contribution in [3.05, 3.63) is 0 Å². The fourth-order valence-corrected chi connectivity index (χ4v) is 3.49. The van der Waals surface area contributed by atoms with Crippen LogP contribution in [0.1, 0.15) is 12.8 Å². The van der Waals surface area contributed by atoms with Crippen molar-refractivity contribution in [2.75, 3.05) is 24.6 Å². The van der Waals surface area contributed by atoms with Gasteiger partial charge in [0.1, 0.15) is 0 Å². The van der Waals surface area contributed by atoms with Crippen LogP contribution < -0.4 is 5.73 Å². The Morgan fingerprint density at radius 3 is 2.56 bits per heavy atom. The Bertz CT molecular complexity index is 104. The summed E-state index contributed by atoms with van der Waals surface area (Å²) in [6.45, 7) is 1.66. The molecule has 1 fully saturated rings. The normalized spacial score (nSPS) is 22.6. The Balaban J connectivity index is 2.22. The number of rotatable bonds is 2. The van der Waals surface area contributed by atoms with Crippen LogP contribution in [-0.4, -0.2) is 24.6 Å². The number of nitrogens with two attached hydrogens (primary N) is 1. The molecule has 0 amide bonds. The second-order valence-corrected chi connectivity index (χ2v) is 4.89. The largest absolute Gasteiger partial charge is 0.329 e. The van der Waals surface area contributed by atoms with Crippen molar-refractivity contribution < 1.29 is 0 Å². The molecule has 1 aliphatic rings. The Hall–Kier alpha value is 0.110. The van der Waals surface area contributed by atoms with Gasteiger partial charge in [0.25, 0.3) is 0 Å². The molecule has 0 atom stereocenters. The van der Waals surface area contributed by atoms with E-state index in [4.69, 9.17) is 5.73 Å². The lowest BCUT2D eigenvalue weighted by atomic mass is 10.4. The molecule has 1 heterocycles. The average molecular weight is 148 g/mol. The van der Waals surface area contributed by atoms with Crippen LogP contribution in [0.15, 0.2) is 4.36 Å². The van der Waals surface area contributed by atoms with Crippen molar-refractivity contribution in [3.8, 4) is 0 Å². The maximum Gasteiger partial charge on any atom is 0.0558 e. The van der Waals surface area contributed by atoms with E-state index >= 15 is 0 Å². The van der Waals surface area contributed by atoms with Gasteiger partial charge in [0.15, 0.2) is 0 Å². The van der Waals surface area contributed by atoms with Crippen LogP contribution in [0.25, 0.3) is 0 Å². The molecule has 0 aromatic carbocycles. The first-order valence-corrected chi connectivity index (χ1v) is 5.52. The van der Waals surface area contributed by atoms with E-state index < -0.39 is 0 Å². The molecule has 1 rings (SSSR count). The summed E-state index contributed by atoms with van der Waals surface area (Å²) in [5, 5.41) is 0. The molecule has 2 N–H and O–H groups in total. The summed E-state index contributed by atoms with van der Waals surface area (Å²) in [4.78, 5) is 0. The van der Waals surface area contributed by atoms with Crippen LogP contribution in [0, 0.1) is 0 Å². The zero-order valence-electron chi connectivity index (χ0n) is 5.77. The van der Waals surface area contributed by atoms with Gasteiger partial charge in [-0.3, -0.25) is 4.36 Å². The lowest BCUT2D eigenvalue weighted by Crippen LogP contribution is -2.04. The summed E-state index contributed by atoms with van der Waals surface area (Å²) >= 11 is 0. The zero-order valence-corrected chi connectivity index (χ0v) is 6.77. The molecule has 2 nitrogen and oxygen atoms in total. The molecule has 1 saturated heterocycles. The zero-order chi connectivity index (χ0) is 6.53. The van der Waals surface area contributed by atoms with E-state index in [1.165, 1.54) is 24.3 Å². The van der Waals surface area contributed by atoms with Gasteiger partial charge in [0.2, 0.25) is 0 Å². The first-order chi connectivity index (χ1) is 4.43. The molecular formula is C6H16N2S. The van der Waals surface area contributed by atoms with Crippen LogP contribution in [0.2, 0.25) is 0 Å². The van der Waals surface area contributed by atoms with Gasteiger partial charge in [-0.1, -0.05) is 0 Å². The predicted molar refractivity (Wildman–Crippen MR) is 45.5 cm³/mol. The second kappa shape index (κ2) is 4.01. The van der Waals surface area contributed by atoms with Crippen molar-refractivity contribution in [1.29, 1.82) is 0 Å². The predicted octanol–water partition coefficient (Wildman–Crippen LogP) is 0.00540. The first kappa shape index (κ1) is 7.22. The van der Waals surface area contributed by atoms with Gasteiger partial charge in [0, 0.05) is 6.54 Å². The van der Waals surface area contributed by atoms with E-state index in [-0.39, 0.29) is 10.7 Å². The van der Waals surface area contributed by atoms with E-state index in [0.717, 1.165) is 13.1 Å². The van der Waals surface area contributed by atoms with Crippen LogP contribution >= 0.6 is 0 Å². The molecule has 0 spiro atoms. The summed E-state index contributed by atoms with van der Waals surface area (Å²) < 4.78 is 4.52. The van der Waals surface area contributed by atoms with Gasteiger partial charge in [0.05, 0.1) is 6.54 Å². The third-order valence-electron chi connectivity index (χ3n) is 1.65. The Morgan fingerprint density at radius 2 is 2.00 bits per heavy atom. The minimum Gasteiger partial charge on any atom is -0.329 e. The molecule has 3 heteroatoms. The van der Waals surface area contributed by atoms with Crippen molar-refractivity contribution in [1.82, 2.24) is 0 Å². The van der Waals surface area contributed by atoms with Gasteiger partial charge in [-0.2, -0.15) is 0 Å². The van der Waals surface area contributed by atoms with Crippen LogP contribution in [-0.2, 0) is 10.7 Å². The van der Waals surface area contributed by atoms with Crippen molar-refractivity contribution in [2.24, 2.45) is 10.1 Å².